The van der Waals surface area contributed by atoms with Crippen molar-refractivity contribution in [3.05, 3.63) is 34.9 Å². The van der Waals surface area contributed by atoms with Crippen LogP contribution in [0.5, 0.6) is 0 Å². The highest BCUT2D eigenvalue weighted by atomic mass is 19.1. The number of carbonyl (C=O) groups is 2. The molecular weight excluding hydrogens is 394 g/mol. The number of ether oxygens (including phenoxy) is 1. The summed E-state index contributed by atoms with van der Waals surface area (Å²) in [7, 11) is 0. The molecule has 0 saturated heterocycles. The number of hydrogen-bond donors (Lipinski definition) is 3. The smallest absolute Gasteiger partial charge is 0.254 e. The highest BCUT2D eigenvalue weighted by molar-refractivity contribution is 6.04. The first-order valence-electron chi connectivity index (χ1n) is 10.1. The number of amides is 2. The lowest BCUT2D eigenvalue weighted by Gasteiger charge is -2.38. The van der Waals surface area contributed by atoms with Crippen molar-refractivity contribution in [2.45, 2.75) is 70.5 Å². The summed E-state index contributed by atoms with van der Waals surface area (Å²) in [5.41, 5.74) is 1.46. The summed E-state index contributed by atoms with van der Waals surface area (Å²) in [5.74, 6) is -1.98. The van der Waals surface area contributed by atoms with Crippen LogP contribution >= 0.6 is 0 Å². The number of fused-ring (bicyclic) bond motifs is 1. The minimum atomic E-state index is -1.64. The normalized spacial score (nSPS) is 22.8. The van der Waals surface area contributed by atoms with Gasteiger partial charge in [0.25, 0.3) is 11.8 Å². The fourth-order valence-electron chi connectivity index (χ4n) is 3.93. The highest BCUT2D eigenvalue weighted by Gasteiger charge is 2.39. The van der Waals surface area contributed by atoms with Crippen LogP contribution < -0.4 is 5.32 Å². The van der Waals surface area contributed by atoms with Crippen LogP contribution in [0.4, 0.5) is 8.78 Å². The number of nitrogens with one attached hydrogen (secondary N) is 3. The number of carbonyl (C=O) groups excluding carboxylic acids is 2. The Bertz CT molecular complexity index is 872. The zero-order chi connectivity index (χ0) is 22.0. The number of rotatable bonds is 5. The van der Waals surface area contributed by atoms with Crippen molar-refractivity contribution in [3.8, 4) is 0 Å². The lowest BCUT2D eigenvalue weighted by Crippen LogP contribution is -2.54. The highest BCUT2D eigenvalue weighted by Crippen LogP contribution is 2.32. The second-order valence-electron chi connectivity index (χ2n) is 7.80. The molecule has 30 heavy (non-hydrogen) atoms. The van der Waals surface area contributed by atoms with E-state index in [1.165, 1.54) is 13.0 Å². The molecular formula is C21H26F2N4O3. The van der Waals surface area contributed by atoms with Gasteiger partial charge in [-0.3, -0.25) is 20.4 Å². The van der Waals surface area contributed by atoms with Crippen molar-refractivity contribution in [1.29, 1.82) is 10.8 Å². The fourth-order valence-corrected chi connectivity index (χ4v) is 3.93. The molecule has 3 unspecified atom stereocenters. The summed E-state index contributed by atoms with van der Waals surface area (Å²) in [6.45, 7) is 2.69. The Hall–Kier alpha value is -2.84. The van der Waals surface area contributed by atoms with Crippen molar-refractivity contribution < 1.29 is 23.1 Å². The number of halogens is 2. The molecule has 4 atom stereocenters. The van der Waals surface area contributed by atoms with Crippen LogP contribution in [0.25, 0.3) is 0 Å². The second kappa shape index (κ2) is 8.89. The maximum Gasteiger partial charge on any atom is 0.254 e. The van der Waals surface area contributed by atoms with E-state index < -0.39 is 30.0 Å². The van der Waals surface area contributed by atoms with E-state index in [2.05, 4.69) is 5.32 Å². The molecule has 2 aliphatic rings. The molecule has 1 saturated carbocycles. The van der Waals surface area contributed by atoms with Crippen LogP contribution in [0.1, 0.15) is 61.0 Å². The molecule has 1 aromatic rings. The van der Waals surface area contributed by atoms with Gasteiger partial charge in [-0.2, -0.15) is 0 Å². The van der Waals surface area contributed by atoms with Gasteiger partial charge < -0.3 is 15.0 Å². The van der Waals surface area contributed by atoms with Crippen molar-refractivity contribution in [2.75, 3.05) is 0 Å². The molecule has 3 N–H and O–H groups in total. The lowest BCUT2D eigenvalue weighted by atomic mass is 9.89. The van der Waals surface area contributed by atoms with Crippen molar-refractivity contribution in [2.24, 2.45) is 0 Å². The van der Waals surface area contributed by atoms with Crippen LogP contribution in [0.3, 0.4) is 0 Å². The molecule has 162 valence electrons. The van der Waals surface area contributed by atoms with E-state index in [4.69, 9.17) is 15.6 Å². The van der Waals surface area contributed by atoms with E-state index in [0.29, 0.717) is 24.9 Å². The first-order chi connectivity index (χ1) is 14.2. The topological polar surface area (TPSA) is 106 Å². The predicted molar refractivity (Wildman–Crippen MR) is 107 cm³/mol. The average molecular weight is 420 g/mol. The van der Waals surface area contributed by atoms with E-state index >= 15 is 0 Å². The molecule has 1 heterocycles. The first-order valence-corrected chi connectivity index (χ1v) is 10.1. The third kappa shape index (κ3) is 4.49. The standard InChI is InChI=1S/C21H26F2N4O3/c1-11(22)18(24)30-19(25)13-7-8-14-10-27(21(29)15(14)9-13)17-6-4-3-5-16(17)26-20(28)12(2)23/h7-9,11-12,16-17,24-25H,3-6,10H2,1-2H3,(H,26,28)/t11?,12?,16-,17?/m1/s1. The Labute approximate surface area is 173 Å². The lowest BCUT2D eigenvalue weighted by molar-refractivity contribution is -0.126. The van der Waals surface area contributed by atoms with Gasteiger partial charge in [0, 0.05) is 23.7 Å². The molecule has 3 rings (SSSR count). The average Bonchev–Trinajstić information content (AvgIpc) is 3.04. The molecule has 1 aliphatic heterocycles. The SMILES string of the molecule is CC(F)C(=N)OC(=N)c1ccc2c(c1)C(=O)N(C1CCCC[C@H]1NC(=O)C(C)F)C2. The number of hydrogen-bond acceptors (Lipinski definition) is 5. The van der Waals surface area contributed by atoms with Gasteiger partial charge in [-0.15, -0.1) is 0 Å². The van der Waals surface area contributed by atoms with E-state index in [1.54, 1.807) is 17.0 Å². The van der Waals surface area contributed by atoms with Crippen LogP contribution in [-0.2, 0) is 16.1 Å². The van der Waals surface area contributed by atoms with Crippen LogP contribution in [0.15, 0.2) is 18.2 Å². The first kappa shape index (κ1) is 21.9. The summed E-state index contributed by atoms with van der Waals surface area (Å²) < 4.78 is 31.4. The Morgan fingerprint density at radius 2 is 1.90 bits per heavy atom. The van der Waals surface area contributed by atoms with Gasteiger partial charge in [0.2, 0.25) is 11.8 Å². The van der Waals surface area contributed by atoms with Crippen molar-refractivity contribution in [1.82, 2.24) is 10.2 Å². The van der Waals surface area contributed by atoms with Gasteiger partial charge in [0.15, 0.2) is 12.3 Å². The number of alkyl halides is 2. The third-order valence-corrected chi connectivity index (χ3v) is 5.60. The van der Waals surface area contributed by atoms with Crippen molar-refractivity contribution >= 4 is 23.6 Å². The fraction of sp³-hybridized carbons (Fsp3) is 0.524. The quantitative estimate of drug-likeness (QED) is 0.503. The molecule has 0 radical (unpaired) electrons. The summed E-state index contributed by atoms with van der Waals surface area (Å²) in [6.07, 6.45) is -0.0514. The Morgan fingerprint density at radius 1 is 1.20 bits per heavy atom. The third-order valence-electron chi connectivity index (χ3n) is 5.60. The van der Waals surface area contributed by atoms with Crippen LogP contribution in [0, 0.1) is 10.8 Å². The van der Waals surface area contributed by atoms with Gasteiger partial charge in [-0.05, 0) is 44.4 Å². The zero-order valence-corrected chi connectivity index (χ0v) is 17.0. The molecule has 0 aromatic heterocycles. The van der Waals surface area contributed by atoms with Gasteiger partial charge in [0.1, 0.15) is 0 Å². The van der Waals surface area contributed by atoms with Gasteiger partial charge in [-0.25, -0.2) is 8.78 Å². The van der Waals surface area contributed by atoms with E-state index in [0.717, 1.165) is 25.3 Å². The molecule has 0 bridgehead atoms. The number of nitrogens with zero attached hydrogens (tertiary/aromatic N) is 1. The van der Waals surface area contributed by atoms with Gasteiger partial charge in [0.05, 0.1) is 6.04 Å². The predicted octanol–water partition coefficient (Wildman–Crippen LogP) is 3.11. The van der Waals surface area contributed by atoms with Gasteiger partial charge in [-0.1, -0.05) is 18.9 Å². The molecule has 1 aliphatic carbocycles. The molecule has 2 amide bonds. The molecule has 9 heteroatoms. The summed E-state index contributed by atoms with van der Waals surface area (Å²) in [4.78, 5) is 26.6. The molecule has 0 spiro atoms. The van der Waals surface area contributed by atoms with Crippen molar-refractivity contribution in [3.63, 3.8) is 0 Å². The van der Waals surface area contributed by atoms with E-state index in [9.17, 15) is 18.4 Å². The Morgan fingerprint density at radius 3 is 2.57 bits per heavy atom. The van der Waals surface area contributed by atoms with E-state index in [1.807, 2.05) is 0 Å². The van der Waals surface area contributed by atoms with Crippen LogP contribution in [-0.4, -0.2) is 52.9 Å². The largest absolute Gasteiger partial charge is 0.422 e. The Kier molecular flexibility index (Phi) is 6.48. The molecule has 1 fully saturated rings. The second-order valence-corrected chi connectivity index (χ2v) is 7.80. The maximum atomic E-state index is 13.3. The minimum Gasteiger partial charge on any atom is -0.422 e. The summed E-state index contributed by atoms with van der Waals surface area (Å²) in [6, 6.07) is 4.27. The van der Waals surface area contributed by atoms with Crippen LogP contribution in [0.2, 0.25) is 0 Å². The molecule has 1 aromatic carbocycles. The Balaban J connectivity index is 1.77. The van der Waals surface area contributed by atoms with E-state index in [-0.39, 0.29) is 23.6 Å². The summed E-state index contributed by atoms with van der Waals surface area (Å²) in [5, 5.41) is 18.1. The minimum absolute atomic E-state index is 0.229. The maximum absolute atomic E-state index is 13.3. The zero-order valence-electron chi connectivity index (χ0n) is 17.0. The monoisotopic (exact) mass is 420 g/mol. The molecule has 7 nitrogen and oxygen atoms in total. The summed E-state index contributed by atoms with van der Waals surface area (Å²) >= 11 is 0. The number of benzene rings is 1. The van der Waals surface area contributed by atoms with Gasteiger partial charge >= 0.3 is 0 Å².